The zero-order valence-corrected chi connectivity index (χ0v) is 21.9. The van der Waals surface area contributed by atoms with E-state index in [-0.39, 0.29) is 36.1 Å². The lowest BCUT2D eigenvalue weighted by molar-refractivity contribution is -0.137. The van der Waals surface area contributed by atoms with E-state index in [0.29, 0.717) is 6.20 Å². The summed E-state index contributed by atoms with van der Waals surface area (Å²) in [5, 5.41) is 7.57. The Kier molecular flexibility index (Phi) is 9.26. The molecular weight excluding hydrogens is 548 g/mol. The molecule has 3 aromatic rings. The summed E-state index contributed by atoms with van der Waals surface area (Å²) in [6, 6.07) is 10.2. The summed E-state index contributed by atoms with van der Waals surface area (Å²) in [4.78, 5) is 19.7. The van der Waals surface area contributed by atoms with E-state index in [1.165, 1.54) is 51.2 Å². The van der Waals surface area contributed by atoms with Crippen molar-refractivity contribution in [2.24, 2.45) is 0 Å². The average molecular weight is 573 g/mol. The number of carbonyl (C=O) groups excluding carboxylic acids is 1. The van der Waals surface area contributed by atoms with Gasteiger partial charge < -0.3 is 25.0 Å². The van der Waals surface area contributed by atoms with Crippen LogP contribution in [-0.4, -0.2) is 36.1 Å². The first-order valence-corrected chi connectivity index (χ1v) is 13.1. The van der Waals surface area contributed by atoms with Gasteiger partial charge in [0.05, 0.1) is 24.5 Å². The van der Waals surface area contributed by atoms with Crippen molar-refractivity contribution in [1.29, 1.82) is 0 Å². The number of hydrogen-bond acceptors (Lipinski definition) is 8. The lowest BCUT2D eigenvalue weighted by Gasteiger charge is -2.26. The lowest BCUT2D eigenvalue weighted by Crippen LogP contribution is -2.20. The highest BCUT2D eigenvalue weighted by atomic mass is 31.2. The van der Waals surface area contributed by atoms with E-state index in [2.05, 4.69) is 25.9 Å². The van der Waals surface area contributed by atoms with Gasteiger partial charge in [0.15, 0.2) is 0 Å². The lowest BCUT2D eigenvalue weighted by atomic mass is 10.1. The number of benzene rings is 2. The maximum Gasteiger partial charge on any atom is 0.421 e. The standard InChI is InChI=1S/C24H25F5N5O4P/c1-4-37-39(36,38-5-2)24(28,29)15-10-12-16(13-11-15)32-22-31-14-18(23(25,26)27)20(34-22)33-19-9-7-6-8-17(19)21(35)30-3/h6-14H,4-5H2,1-3H3,(H,30,35)(H2,31,32,33,34). The molecule has 9 nitrogen and oxygen atoms in total. The minimum atomic E-state index is -4.83. The molecule has 0 saturated carbocycles. The van der Waals surface area contributed by atoms with Gasteiger partial charge >= 0.3 is 19.4 Å². The van der Waals surface area contributed by atoms with Gasteiger partial charge in [0.1, 0.15) is 11.4 Å². The number of anilines is 4. The monoisotopic (exact) mass is 573 g/mol. The van der Waals surface area contributed by atoms with Crippen molar-refractivity contribution in [2.45, 2.75) is 25.7 Å². The third-order valence-corrected chi connectivity index (χ3v) is 7.32. The SMILES string of the molecule is CCOP(=O)(OCC)C(F)(F)c1ccc(Nc2ncc(C(F)(F)F)c(Nc3ccccc3C(=O)NC)n2)cc1. The Hall–Kier alpha value is -3.61. The zero-order valence-electron chi connectivity index (χ0n) is 21.0. The minimum Gasteiger partial charge on any atom is -0.355 e. The van der Waals surface area contributed by atoms with Crippen LogP contribution in [0.15, 0.2) is 54.7 Å². The molecule has 0 saturated heterocycles. The number of hydrogen-bond donors (Lipinski definition) is 3. The maximum atomic E-state index is 15.0. The second-order valence-corrected chi connectivity index (χ2v) is 9.85. The van der Waals surface area contributed by atoms with Crippen molar-refractivity contribution in [3.05, 3.63) is 71.4 Å². The molecule has 1 heterocycles. The number of amides is 1. The van der Waals surface area contributed by atoms with Crippen LogP contribution in [0.1, 0.15) is 35.3 Å². The molecule has 39 heavy (non-hydrogen) atoms. The topological polar surface area (TPSA) is 114 Å². The number of nitrogens with one attached hydrogen (secondary N) is 3. The largest absolute Gasteiger partial charge is 0.421 e. The second-order valence-electron chi connectivity index (χ2n) is 7.78. The highest BCUT2D eigenvalue weighted by Crippen LogP contribution is 2.66. The van der Waals surface area contributed by atoms with Gasteiger partial charge in [0, 0.05) is 24.5 Å². The first kappa shape index (κ1) is 29.9. The van der Waals surface area contributed by atoms with E-state index < -0.39 is 42.3 Å². The molecule has 0 fully saturated rings. The molecule has 3 rings (SSSR count). The first-order chi connectivity index (χ1) is 18.4. The van der Waals surface area contributed by atoms with E-state index in [1.807, 2.05) is 0 Å². The molecule has 15 heteroatoms. The van der Waals surface area contributed by atoms with Crippen LogP contribution in [0.2, 0.25) is 0 Å². The zero-order chi connectivity index (χ0) is 28.8. The predicted molar refractivity (Wildman–Crippen MR) is 135 cm³/mol. The van der Waals surface area contributed by atoms with Gasteiger partial charge in [0.25, 0.3) is 5.91 Å². The van der Waals surface area contributed by atoms with Gasteiger partial charge in [-0.05, 0) is 38.1 Å². The molecule has 0 aliphatic heterocycles. The minimum absolute atomic E-state index is 0.0617. The van der Waals surface area contributed by atoms with Crippen LogP contribution < -0.4 is 16.0 Å². The van der Waals surface area contributed by atoms with E-state index in [0.717, 1.165) is 12.1 Å². The quantitative estimate of drug-likeness (QED) is 0.172. The van der Waals surface area contributed by atoms with Crippen molar-refractivity contribution in [1.82, 2.24) is 15.3 Å². The number of aromatic nitrogens is 2. The van der Waals surface area contributed by atoms with Gasteiger partial charge in [0.2, 0.25) is 5.95 Å². The van der Waals surface area contributed by atoms with Crippen LogP contribution in [0.3, 0.4) is 0 Å². The molecule has 1 aromatic heterocycles. The molecule has 0 bridgehead atoms. The first-order valence-electron chi connectivity index (χ1n) is 11.5. The Morgan fingerprint density at radius 2 is 1.56 bits per heavy atom. The Labute approximate surface area is 220 Å². The molecular formula is C24H25F5N5O4P. The smallest absolute Gasteiger partial charge is 0.355 e. The summed E-state index contributed by atoms with van der Waals surface area (Å²) in [6.07, 6.45) is -4.28. The van der Waals surface area contributed by atoms with Crippen LogP contribution in [0.25, 0.3) is 0 Å². The van der Waals surface area contributed by atoms with Gasteiger partial charge in [-0.1, -0.05) is 24.3 Å². The molecule has 0 radical (unpaired) electrons. The third-order valence-electron chi connectivity index (χ3n) is 5.18. The third kappa shape index (κ3) is 6.70. The van der Waals surface area contributed by atoms with Gasteiger partial charge in [-0.25, -0.2) is 4.98 Å². The number of halogens is 5. The molecule has 1 amide bonds. The van der Waals surface area contributed by atoms with Crippen molar-refractivity contribution >= 4 is 36.6 Å². The fourth-order valence-corrected chi connectivity index (χ4v) is 4.92. The molecule has 2 aromatic carbocycles. The molecule has 3 N–H and O–H groups in total. The van der Waals surface area contributed by atoms with E-state index in [4.69, 9.17) is 9.05 Å². The van der Waals surface area contributed by atoms with Gasteiger partial charge in [-0.3, -0.25) is 9.36 Å². The maximum absolute atomic E-state index is 15.0. The molecule has 210 valence electrons. The Bertz CT molecular complexity index is 1350. The average Bonchev–Trinajstić information content (AvgIpc) is 2.88. The van der Waals surface area contributed by atoms with Crippen molar-refractivity contribution in [3.63, 3.8) is 0 Å². The number of nitrogens with zero attached hydrogens (tertiary/aromatic N) is 2. The number of alkyl halides is 5. The van der Waals surface area contributed by atoms with Crippen LogP contribution in [0, 0.1) is 0 Å². The molecule has 0 aliphatic rings. The van der Waals surface area contributed by atoms with Crippen LogP contribution >= 0.6 is 7.60 Å². The van der Waals surface area contributed by atoms with Crippen molar-refractivity contribution < 1.29 is 40.4 Å². The molecule has 0 aliphatic carbocycles. The van der Waals surface area contributed by atoms with Gasteiger partial charge in [-0.2, -0.15) is 26.9 Å². The predicted octanol–water partition coefficient (Wildman–Crippen LogP) is 6.66. The van der Waals surface area contributed by atoms with Crippen molar-refractivity contribution in [2.75, 3.05) is 30.9 Å². The Morgan fingerprint density at radius 1 is 0.949 bits per heavy atom. The van der Waals surface area contributed by atoms with E-state index in [1.54, 1.807) is 6.07 Å². The summed E-state index contributed by atoms with van der Waals surface area (Å²) in [5.74, 6) is -1.47. The molecule has 0 atom stereocenters. The summed E-state index contributed by atoms with van der Waals surface area (Å²) in [6.45, 7) is 2.28. The summed E-state index contributed by atoms with van der Waals surface area (Å²) >= 11 is 0. The van der Waals surface area contributed by atoms with E-state index in [9.17, 15) is 31.3 Å². The second kappa shape index (κ2) is 12.1. The molecule has 0 unspecified atom stereocenters. The fraction of sp³-hybridized carbons (Fsp3) is 0.292. The van der Waals surface area contributed by atoms with E-state index >= 15 is 0 Å². The summed E-state index contributed by atoms with van der Waals surface area (Å²) in [5.41, 5.74) is -5.52. The number of para-hydroxylation sites is 1. The van der Waals surface area contributed by atoms with Crippen LogP contribution in [-0.2, 0) is 25.5 Å². The fourth-order valence-electron chi connectivity index (χ4n) is 3.38. The Balaban J connectivity index is 1.92. The highest BCUT2D eigenvalue weighted by molar-refractivity contribution is 7.54. The summed E-state index contributed by atoms with van der Waals surface area (Å²) in [7, 11) is -3.45. The Morgan fingerprint density at radius 3 is 2.13 bits per heavy atom. The number of carbonyl (C=O) groups is 1. The van der Waals surface area contributed by atoms with Crippen LogP contribution in [0.4, 0.5) is 45.1 Å². The molecule has 0 spiro atoms. The normalized spacial score (nSPS) is 12.2. The summed E-state index contributed by atoms with van der Waals surface area (Å²) < 4.78 is 93.1. The highest BCUT2D eigenvalue weighted by Gasteiger charge is 2.54. The van der Waals surface area contributed by atoms with Crippen LogP contribution in [0.5, 0.6) is 0 Å². The number of rotatable bonds is 11. The van der Waals surface area contributed by atoms with Crippen molar-refractivity contribution in [3.8, 4) is 0 Å². The van der Waals surface area contributed by atoms with Gasteiger partial charge in [-0.15, -0.1) is 0 Å².